The summed E-state index contributed by atoms with van der Waals surface area (Å²) in [5.74, 6) is -1.14. The van der Waals surface area contributed by atoms with Gasteiger partial charge in [-0.15, -0.1) is 0 Å². The van der Waals surface area contributed by atoms with Gasteiger partial charge in [-0.05, 0) is 31.1 Å². The minimum Gasteiger partial charge on any atom is -0.487 e. The van der Waals surface area contributed by atoms with Gasteiger partial charge < -0.3 is 14.7 Å². The van der Waals surface area contributed by atoms with Crippen molar-refractivity contribution >= 4 is 23.6 Å². The van der Waals surface area contributed by atoms with Crippen molar-refractivity contribution < 1.29 is 24.4 Å². The number of carboxylic acid groups (broad SMARTS) is 1. The monoisotopic (exact) mass is 350 g/mol. The molecule has 0 atom stereocenters. The molecule has 1 rings (SSSR count). The highest BCUT2D eigenvalue weighted by atomic mass is 16.6. The van der Waals surface area contributed by atoms with Crippen molar-refractivity contribution in [1.29, 1.82) is 0 Å². The van der Waals surface area contributed by atoms with Crippen LogP contribution in [0.5, 0.6) is 5.75 Å². The molecule has 0 aliphatic rings. The van der Waals surface area contributed by atoms with Gasteiger partial charge in [0.05, 0.1) is 18.0 Å². The number of hydrogen-bond donors (Lipinski definition) is 1. The summed E-state index contributed by atoms with van der Waals surface area (Å²) >= 11 is 0. The summed E-state index contributed by atoms with van der Waals surface area (Å²) in [7, 11) is 0. The Labute approximate surface area is 145 Å². The van der Waals surface area contributed by atoms with Crippen LogP contribution in [0.4, 0.5) is 5.69 Å². The van der Waals surface area contributed by atoms with Crippen LogP contribution in [0.15, 0.2) is 24.3 Å². The van der Waals surface area contributed by atoms with Gasteiger partial charge in [-0.3, -0.25) is 19.7 Å². The predicted octanol–water partition coefficient (Wildman–Crippen LogP) is 2.72. The maximum absolute atomic E-state index is 12.1. The Morgan fingerprint density at radius 1 is 1.36 bits per heavy atom. The van der Waals surface area contributed by atoms with Gasteiger partial charge in [0.25, 0.3) is 0 Å². The molecular weight excluding hydrogens is 328 g/mol. The van der Waals surface area contributed by atoms with Crippen molar-refractivity contribution in [3.63, 3.8) is 0 Å². The zero-order valence-corrected chi connectivity index (χ0v) is 14.3. The Morgan fingerprint density at radius 2 is 2.08 bits per heavy atom. The number of aliphatic carboxylic acids is 1. The summed E-state index contributed by atoms with van der Waals surface area (Å²) in [4.78, 5) is 34.7. The molecule has 0 radical (unpaired) electrons. The molecule has 0 saturated carbocycles. The third-order valence-electron chi connectivity index (χ3n) is 3.35. The molecule has 0 aliphatic heterocycles. The lowest BCUT2D eigenvalue weighted by atomic mass is 10.1. The van der Waals surface area contributed by atoms with Gasteiger partial charge in [-0.1, -0.05) is 13.0 Å². The van der Waals surface area contributed by atoms with Crippen LogP contribution in [-0.4, -0.2) is 46.5 Å². The first-order chi connectivity index (χ1) is 11.9. The molecule has 1 aromatic carbocycles. The molecule has 0 bridgehead atoms. The molecule has 0 fully saturated rings. The lowest BCUT2D eigenvalue weighted by Gasteiger charge is -2.17. The van der Waals surface area contributed by atoms with E-state index in [2.05, 4.69) is 0 Å². The summed E-state index contributed by atoms with van der Waals surface area (Å²) in [5.41, 5.74) is 0.319. The van der Waals surface area contributed by atoms with Crippen molar-refractivity contribution in [2.75, 3.05) is 19.7 Å². The van der Waals surface area contributed by atoms with Crippen LogP contribution in [0.1, 0.15) is 32.3 Å². The summed E-state index contributed by atoms with van der Waals surface area (Å²) in [6, 6.07) is 4.46. The van der Waals surface area contributed by atoms with Gasteiger partial charge in [-0.2, -0.15) is 0 Å². The number of amides is 1. The fourth-order valence-corrected chi connectivity index (χ4v) is 2.04. The number of hydrogen-bond acceptors (Lipinski definition) is 5. The molecule has 1 aromatic rings. The average molecular weight is 350 g/mol. The second-order valence-electron chi connectivity index (χ2n) is 5.23. The number of nitrogens with zero attached hydrogens (tertiary/aromatic N) is 2. The fraction of sp³-hybridized carbons (Fsp3) is 0.412. The van der Waals surface area contributed by atoms with E-state index in [1.165, 1.54) is 29.2 Å². The van der Waals surface area contributed by atoms with Gasteiger partial charge in [0, 0.05) is 25.2 Å². The molecule has 1 amide bonds. The van der Waals surface area contributed by atoms with E-state index in [0.29, 0.717) is 18.7 Å². The van der Waals surface area contributed by atoms with Gasteiger partial charge in [0.1, 0.15) is 0 Å². The fourth-order valence-electron chi connectivity index (χ4n) is 2.04. The molecular formula is C17H22N2O6. The average Bonchev–Trinajstić information content (AvgIpc) is 2.58. The number of likely N-dealkylation sites (N-methyl/N-ethyl adjacent to an activating group) is 1. The van der Waals surface area contributed by atoms with Gasteiger partial charge in [0.2, 0.25) is 5.91 Å². The number of nitro benzene ring substituents is 1. The number of ether oxygens (including phenoxy) is 1. The molecule has 1 N–H and O–H groups in total. The largest absolute Gasteiger partial charge is 0.487 e. The smallest absolute Gasteiger partial charge is 0.311 e. The molecule has 8 heteroatoms. The van der Waals surface area contributed by atoms with Crippen LogP contribution < -0.4 is 4.74 Å². The standard InChI is InChI=1S/C17H22N2O6/c1-3-11-25-15-7-5-13(12-14(15)19(23)24)6-8-16(20)18(4-2)10-9-17(21)22/h5-8,12H,3-4,9-11H2,1-2H3,(H,21,22)/b8-6+. The van der Waals surface area contributed by atoms with E-state index in [1.54, 1.807) is 13.0 Å². The van der Waals surface area contributed by atoms with Gasteiger partial charge in [-0.25, -0.2) is 0 Å². The molecule has 136 valence electrons. The second kappa shape index (κ2) is 10.1. The van der Waals surface area contributed by atoms with E-state index in [1.807, 2.05) is 6.92 Å². The van der Waals surface area contributed by atoms with E-state index < -0.39 is 10.9 Å². The first-order valence-corrected chi connectivity index (χ1v) is 7.99. The summed E-state index contributed by atoms with van der Waals surface area (Å²) in [5, 5.41) is 19.8. The number of carbonyl (C=O) groups is 2. The number of rotatable bonds is 10. The van der Waals surface area contributed by atoms with E-state index in [-0.39, 0.29) is 30.3 Å². The number of carbonyl (C=O) groups excluding carboxylic acids is 1. The molecule has 0 aliphatic carbocycles. The Bertz CT molecular complexity index is 657. The minimum absolute atomic E-state index is 0.110. The van der Waals surface area contributed by atoms with Crippen molar-refractivity contribution in [2.24, 2.45) is 0 Å². The molecule has 25 heavy (non-hydrogen) atoms. The third kappa shape index (κ3) is 6.62. The van der Waals surface area contributed by atoms with Crippen LogP contribution >= 0.6 is 0 Å². The summed E-state index contributed by atoms with van der Waals surface area (Å²) in [6.07, 6.45) is 3.33. The van der Waals surface area contributed by atoms with Gasteiger partial charge in [0.15, 0.2) is 5.75 Å². The highest BCUT2D eigenvalue weighted by Crippen LogP contribution is 2.28. The van der Waals surface area contributed by atoms with Crippen LogP contribution in [-0.2, 0) is 9.59 Å². The van der Waals surface area contributed by atoms with E-state index in [0.717, 1.165) is 6.42 Å². The SMILES string of the molecule is CCCOc1ccc(/C=C/C(=O)N(CC)CCC(=O)O)cc1[N+](=O)[O-]. The highest BCUT2D eigenvalue weighted by molar-refractivity contribution is 5.92. The molecule has 0 saturated heterocycles. The van der Waals surface area contributed by atoms with Crippen molar-refractivity contribution in [1.82, 2.24) is 4.90 Å². The van der Waals surface area contributed by atoms with E-state index in [9.17, 15) is 19.7 Å². The maximum atomic E-state index is 12.1. The van der Waals surface area contributed by atoms with Crippen LogP contribution in [0.3, 0.4) is 0 Å². The second-order valence-corrected chi connectivity index (χ2v) is 5.23. The summed E-state index contributed by atoms with van der Waals surface area (Å²) < 4.78 is 5.34. The zero-order valence-electron chi connectivity index (χ0n) is 14.3. The third-order valence-corrected chi connectivity index (χ3v) is 3.35. The quantitative estimate of drug-likeness (QED) is 0.395. The first kappa shape index (κ1) is 20.1. The lowest BCUT2D eigenvalue weighted by molar-refractivity contribution is -0.385. The zero-order chi connectivity index (χ0) is 18.8. The number of benzene rings is 1. The molecule has 8 nitrogen and oxygen atoms in total. The topological polar surface area (TPSA) is 110 Å². The normalized spacial score (nSPS) is 10.6. The number of nitro groups is 1. The molecule has 0 heterocycles. The first-order valence-electron chi connectivity index (χ1n) is 7.99. The van der Waals surface area contributed by atoms with Crippen molar-refractivity contribution in [2.45, 2.75) is 26.7 Å². The van der Waals surface area contributed by atoms with Gasteiger partial charge >= 0.3 is 11.7 Å². The molecule has 0 spiro atoms. The lowest BCUT2D eigenvalue weighted by Crippen LogP contribution is -2.31. The van der Waals surface area contributed by atoms with Crippen LogP contribution in [0.25, 0.3) is 6.08 Å². The van der Waals surface area contributed by atoms with Crippen LogP contribution in [0, 0.1) is 10.1 Å². The maximum Gasteiger partial charge on any atom is 0.311 e. The Kier molecular flexibility index (Phi) is 8.11. The van der Waals surface area contributed by atoms with E-state index in [4.69, 9.17) is 9.84 Å². The van der Waals surface area contributed by atoms with Crippen molar-refractivity contribution in [3.8, 4) is 5.75 Å². The molecule has 0 unspecified atom stereocenters. The Hall–Kier alpha value is -2.90. The Morgan fingerprint density at radius 3 is 2.64 bits per heavy atom. The molecule has 0 aromatic heterocycles. The van der Waals surface area contributed by atoms with Crippen LogP contribution in [0.2, 0.25) is 0 Å². The minimum atomic E-state index is -0.978. The van der Waals surface area contributed by atoms with Crippen molar-refractivity contribution in [3.05, 3.63) is 40.0 Å². The highest BCUT2D eigenvalue weighted by Gasteiger charge is 2.15. The number of carboxylic acids is 1. The Balaban J connectivity index is 2.88. The predicted molar refractivity (Wildman–Crippen MR) is 92.4 cm³/mol. The summed E-state index contributed by atoms with van der Waals surface area (Å²) in [6.45, 7) is 4.51. The van der Waals surface area contributed by atoms with E-state index >= 15 is 0 Å².